The maximum absolute atomic E-state index is 4.22. The number of aromatic nitrogens is 2. The van der Waals surface area contributed by atoms with Gasteiger partial charge in [0.25, 0.3) is 0 Å². The molecule has 1 fully saturated rings. The summed E-state index contributed by atoms with van der Waals surface area (Å²) in [5.74, 6) is 1.80. The summed E-state index contributed by atoms with van der Waals surface area (Å²) < 4.78 is 1.98. The van der Waals surface area contributed by atoms with Crippen molar-refractivity contribution >= 4 is 0 Å². The molecule has 2 rings (SSSR count). The van der Waals surface area contributed by atoms with Gasteiger partial charge >= 0.3 is 0 Å². The zero-order valence-electron chi connectivity index (χ0n) is 12.7. The second-order valence-electron chi connectivity index (χ2n) is 6.36. The molecule has 2 unspecified atom stereocenters. The van der Waals surface area contributed by atoms with Gasteiger partial charge in [-0.25, -0.2) is 0 Å². The minimum atomic E-state index is 0.733. The van der Waals surface area contributed by atoms with Crippen molar-refractivity contribution in [1.29, 1.82) is 0 Å². The van der Waals surface area contributed by atoms with Crippen LogP contribution in [-0.4, -0.2) is 22.4 Å². The first kappa shape index (κ1) is 14.6. The van der Waals surface area contributed by atoms with Gasteiger partial charge in [0, 0.05) is 37.9 Å². The van der Waals surface area contributed by atoms with E-state index in [4.69, 9.17) is 0 Å². The van der Waals surface area contributed by atoms with Crippen LogP contribution < -0.4 is 5.32 Å². The Hall–Kier alpha value is -0.830. The summed E-state index contributed by atoms with van der Waals surface area (Å²) in [6, 6.07) is 2.85. The highest BCUT2D eigenvalue weighted by Gasteiger charge is 2.20. The summed E-state index contributed by atoms with van der Waals surface area (Å²) in [6.07, 6.45) is 9.91. The van der Waals surface area contributed by atoms with E-state index in [1.807, 2.05) is 17.9 Å². The minimum Gasteiger partial charge on any atom is -0.314 e. The van der Waals surface area contributed by atoms with Crippen molar-refractivity contribution in [2.24, 2.45) is 18.9 Å². The predicted octanol–water partition coefficient (Wildman–Crippen LogP) is 3.16. The van der Waals surface area contributed by atoms with Crippen molar-refractivity contribution < 1.29 is 0 Å². The average Bonchev–Trinajstić information content (AvgIpc) is 2.65. The van der Waals surface area contributed by atoms with Gasteiger partial charge in [0.15, 0.2) is 0 Å². The minimum absolute atomic E-state index is 0.733. The van der Waals surface area contributed by atoms with Crippen LogP contribution in [0.3, 0.4) is 0 Å². The number of aryl methyl sites for hydroxylation is 1. The maximum atomic E-state index is 4.22. The summed E-state index contributed by atoms with van der Waals surface area (Å²) in [4.78, 5) is 0. The smallest absolute Gasteiger partial charge is 0.0492 e. The first-order chi connectivity index (χ1) is 9.16. The van der Waals surface area contributed by atoms with Crippen LogP contribution in [0.4, 0.5) is 0 Å². The van der Waals surface area contributed by atoms with Crippen LogP contribution >= 0.6 is 0 Å². The second kappa shape index (κ2) is 7.09. The van der Waals surface area contributed by atoms with E-state index in [2.05, 4.69) is 30.3 Å². The van der Waals surface area contributed by atoms with E-state index in [-0.39, 0.29) is 0 Å². The molecule has 1 heterocycles. The molecule has 1 N–H and O–H groups in total. The molecular weight excluding hydrogens is 234 g/mol. The summed E-state index contributed by atoms with van der Waals surface area (Å²) >= 11 is 0. The summed E-state index contributed by atoms with van der Waals surface area (Å²) in [6.45, 7) is 5.83. The summed E-state index contributed by atoms with van der Waals surface area (Å²) in [7, 11) is 2.02. The van der Waals surface area contributed by atoms with Gasteiger partial charge in [-0.05, 0) is 37.2 Å². The molecule has 1 aliphatic rings. The second-order valence-corrected chi connectivity index (χ2v) is 6.36. The van der Waals surface area contributed by atoms with Gasteiger partial charge < -0.3 is 5.32 Å². The van der Waals surface area contributed by atoms with Gasteiger partial charge in [0.1, 0.15) is 0 Å². The van der Waals surface area contributed by atoms with E-state index < -0.39 is 0 Å². The number of hydrogen-bond donors (Lipinski definition) is 1. The summed E-state index contributed by atoms with van der Waals surface area (Å²) in [5.41, 5.74) is 1.32. The Morgan fingerprint density at radius 2 is 2.16 bits per heavy atom. The highest BCUT2D eigenvalue weighted by Crippen LogP contribution is 2.28. The molecule has 0 aromatic carbocycles. The lowest BCUT2D eigenvalue weighted by atomic mass is 9.89. The molecule has 108 valence electrons. The molecule has 0 spiro atoms. The Morgan fingerprint density at radius 3 is 2.84 bits per heavy atom. The molecule has 3 heteroatoms. The topological polar surface area (TPSA) is 29.9 Å². The molecule has 0 aliphatic heterocycles. The number of nitrogens with zero attached hydrogens (tertiary/aromatic N) is 2. The van der Waals surface area contributed by atoms with Gasteiger partial charge in [-0.3, -0.25) is 4.68 Å². The van der Waals surface area contributed by atoms with E-state index >= 15 is 0 Å². The number of rotatable bonds is 5. The third-order valence-corrected chi connectivity index (χ3v) is 4.69. The van der Waals surface area contributed by atoms with Crippen molar-refractivity contribution in [2.45, 2.75) is 58.4 Å². The van der Waals surface area contributed by atoms with E-state index in [1.165, 1.54) is 37.8 Å². The molecule has 3 nitrogen and oxygen atoms in total. The molecule has 1 aromatic rings. The van der Waals surface area contributed by atoms with Crippen LogP contribution in [0.2, 0.25) is 0 Å². The normalized spacial score (nSPS) is 24.6. The van der Waals surface area contributed by atoms with Crippen LogP contribution in [0.5, 0.6) is 0 Å². The molecule has 0 bridgehead atoms. The van der Waals surface area contributed by atoms with Crippen molar-refractivity contribution in [3.05, 3.63) is 18.0 Å². The molecule has 0 amide bonds. The van der Waals surface area contributed by atoms with E-state index in [1.54, 1.807) is 0 Å². The van der Waals surface area contributed by atoms with E-state index in [0.29, 0.717) is 0 Å². The van der Waals surface area contributed by atoms with Gasteiger partial charge in [-0.15, -0.1) is 0 Å². The maximum Gasteiger partial charge on any atom is 0.0492 e. The van der Waals surface area contributed by atoms with Crippen molar-refractivity contribution in [3.8, 4) is 0 Å². The van der Waals surface area contributed by atoms with E-state index in [0.717, 1.165) is 30.8 Å². The summed E-state index contributed by atoms with van der Waals surface area (Å²) in [5, 5.41) is 7.96. The standard InChI is InChI=1S/C16H29N3/c1-13(2)14-5-4-6-15(8-7-14)17-11-9-16-10-12-18-19(16)3/h10,12-15,17H,4-9,11H2,1-3H3. The van der Waals surface area contributed by atoms with Gasteiger partial charge in [0.05, 0.1) is 0 Å². The fraction of sp³-hybridized carbons (Fsp3) is 0.812. The molecule has 19 heavy (non-hydrogen) atoms. The zero-order chi connectivity index (χ0) is 13.7. The molecular formula is C16H29N3. The Labute approximate surface area is 117 Å². The molecule has 0 saturated heterocycles. The average molecular weight is 263 g/mol. The van der Waals surface area contributed by atoms with Gasteiger partial charge in [-0.1, -0.05) is 26.7 Å². The lowest BCUT2D eigenvalue weighted by Gasteiger charge is -2.19. The number of hydrogen-bond acceptors (Lipinski definition) is 2. The van der Waals surface area contributed by atoms with Gasteiger partial charge in [0.2, 0.25) is 0 Å². The Balaban J connectivity index is 1.70. The highest BCUT2D eigenvalue weighted by molar-refractivity contribution is 5.00. The largest absolute Gasteiger partial charge is 0.314 e. The van der Waals surface area contributed by atoms with E-state index in [9.17, 15) is 0 Å². The molecule has 0 radical (unpaired) electrons. The zero-order valence-corrected chi connectivity index (χ0v) is 12.7. The van der Waals surface area contributed by atoms with Crippen LogP contribution in [0.25, 0.3) is 0 Å². The Kier molecular flexibility index (Phi) is 5.44. The quantitative estimate of drug-likeness (QED) is 0.827. The lowest BCUT2D eigenvalue weighted by molar-refractivity contribution is 0.338. The SMILES string of the molecule is CC(C)C1CCCC(NCCc2ccnn2C)CC1. The molecule has 1 aromatic heterocycles. The Morgan fingerprint density at radius 1 is 1.32 bits per heavy atom. The van der Waals surface area contributed by atoms with Crippen LogP contribution in [0, 0.1) is 11.8 Å². The van der Waals surface area contributed by atoms with Crippen LogP contribution in [-0.2, 0) is 13.5 Å². The lowest BCUT2D eigenvalue weighted by Crippen LogP contribution is -2.30. The third kappa shape index (κ3) is 4.34. The van der Waals surface area contributed by atoms with Crippen molar-refractivity contribution in [2.75, 3.05) is 6.54 Å². The molecule has 2 atom stereocenters. The Bertz CT molecular complexity index is 370. The third-order valence-electron chi connectivity index (χ3n) is 4.69. The van der Waals surface area contributed by atoms with Crippen LogP contribution in [0.1, 0.15) is 51.6 Å². The highest BCUT2D eigenvalue weighted by atomic mass is 15.3. The molecule has 1 saturated carbocycles. The monoisotopic (exact) mass is 263 g/mol. The number of nitrogens with one attached hydrogen (secondary N) is 1. The first-order valence-corrected chi connectivity index (χ1v) is 7.87. The van der Waals surface area contributed by atoms with Gasteiger partial charge in [-0.2, -0.15) is 5.10 Å². The van der Waals surface area contributed by atoms with Crippen molar-refractivity contribution in [1.82, 2.24) is 15.1 Å². The first-order valence-electron chi connectivity index (χ1n) is 7.87. The van der Waals surface area contributed by atoms with Crippen molar-refractivity contribution in [3.63, 3.8) is 0 Å². The molecule has 1 aliphatic carbocycles. The predicted molar refractivity (Wildman–Crippen MR) is 80.1 cm³/mol. The fourth-order valence-corrected chi connectivity index (χ4v) is 3.25. The fourth-order valence-electron chi connectivity index (χ4n) is 3.25. The van der Waals surface area contributed by atoms with Crippen LogP contribution in [0.15, 0.2) is 12.3 Å².